The number of anilines is 1. The molecule has 7 heteroatoms. The highest BCUT2D eigenvalue weighted by molar-refractivity contribution is 5.67. The van der Waals surface area contributed by atoms with Crippen molar-refractivity contribution in [1.82, 2.24) is 20.1 Å². The molecule has 7 nitrogen and oxygen atoms in total. The van der Waals surface area contributed by atoms with E-state index in [1.807, 2.05) is 62.0 Å². The fourth-order valence-corrected chi connectivity index (χ4v) is 4.24. The van der Waals surface area contributed by atoms with Crippen LogP contribution in [-0.2, 0) is 13.5 Å². The molecule has 1 aliphatic heterocycles. The predicted molar refractivity (Wildman–Crippen MR) is 131 cm³/mol. The Morgan fingerprint density at radius 1 is 1.15 bits per heavy atom. The molecule has 0 saturated heterocycles. The van der Waals surface area contributed by atoms with E-state index in [2.05, 4.69) is 51.1 Å². The van der Waals surface area contributed by atoms with E-state index >= 15 is 0 Å². The minimum Gasteiger partial charge on any atom is -0.487 e. The highest BCUT2D eigenvalue weighted by atomic mass is 16.5. The predicted octanol–water partition coefficient (Wildman–Crippen LogP) is 4.10. The van der Waals surface area contributed by atoms with Crippen LogP contribution in [0.25, 0.3) is 11.1 Å². The molecule has 0 radical (unpaired) electrons. The number of rotatable bonds is 7. The monoisotopic (exact) mass is 450 g/mol. The summed E-state index contributed by atoms with van der Waals surface area (Å²) in [7, 11) is 1.90. The zero-order chi connectivity index (χ0) is 23.3. The molecule has 0 aliphatic carbocycles. The molecular formula is C27H26N6O. The van der Waals surface area contributed by atoms with E-state index in [9.17, 15) is 0 Å². The number of pyridine rings is 1. The van der Waals surface area contributed by atoms with Crippen LogP contribution in [0, 0.1) is 11.3 Å². The molecular weight excluding hydrogens is 424 g/mol. The molecule has 3 heterocycles. The number of aromatic nitrogens is 3. The molecule has 0 amide bonds. The molecule has 170 valence electrons. The van der Waals surface area contributed by atoms with E-state index in [-0.39, 0.29) is 12.1 Å². The van der Waals surface area contributed by atoms with Gasteiger partial charge in [-0.3, -0.25) is 4.68 Å². The first-order chi connectivity index (χ1) is 16.7. The third-order valence-electron chi connectivity index (χ3n) is 6.05. The SMILES string of the molecule is Cn1cc(-c2cnc3c(c2)OCC(C(NCCc2ccc(C#N)cc2)c2ccccc2)N3)cn1. The van der Waals surface area contributed by atoms with Crippen LogP contribution in [0.4, 0.5) is 5.82 Å². The lowest BCUT2D eigenvalue weighted by Crippen LogP contribution is -2.44. The van der Waals surface area contributed by atoms with E-state index in [0.717, 1.165) is 35.7 Å². The summed E-state index contributed by atoms with van der Waals surface area (Å²) in [5.74, 6) is 1.50. The highest BCUT2D eigenvalue weighted by Crippen LogP contribution is 2.34. The van der Waals surface area contributed by atoms with E-state index in [4.69, 9.17) is 10.00 Å². The minimum atomic E-state index is 0.0209. The second-order valence-corrected chi connectivity index (χ2v) is 8.44. The Kier molecular flexibility index (Phi) is 6.23. The van der Waals surface area contributed by atoms with Crippen LogP contribution < -0.4 is 15.4 Å². The molecule has 2 atom stereocenters. The van der Waals surface area contributed by atoms with Crippen molar-refractivity contribution in [2.24, 2.45) is 7.05 Å². The van der Waals surface area contributed by atoms with Gasteiger partial charge in [0.25, 0.3) is 0 Å². The van der Waals surface area contributed by atoms with Crippen LogP contribution in [-0.4, -0.2) is 34.0 Å². The van der Waals surface area contributed by atoms with Gasteiger partial charge in [-0.1, -0.05) is 42.5 Å². The van der Waals surface area contributed by atoms with Gasteiger partial charge >= 0.3 is 0 Å². The number of nitriles is 1. The minimum absolute atomic E-state index is 0.0209. The van der Waals surface area contributed by atoms with Crippen LogP contribution in [0.1, 0.15) is 22.7 Å². The van der Waals surface area contributed by atoms with Crippen LogP contribution in [0.2, 0.25) is 0 Å². The quantitative estimate of drug-likeness (QED) is 0.441. The molecule has 0 saturated carbocycles. The van der Waals surface area contributed by atoms with Gasteiger partial charge in [-0.05, 0) is 42.3 Å². The summed E-state index contributed by atoms with van der Waals surface area (Å²) in [6.07, 6.45) is 6.51. The molecule has 2 N–H and O–H groups in total. The Balaban J connectivity index is 1.30. The topological polar surface area (TPSA) is 87.8 Å². The summed E-state index contributed by atoms with van der Waals surface area (Å²) in [4.78, 5) is 4.65. The molecule has 1 aliphatic rings. The van der Waals surface area contributed by atoms with Crippen LogP contribution in [0.15, 0.2) is 79.3 Å². The first-order valence-electron chi connectivity index (χ1n) is 11.4. The summed E-state index contributed by atoms with van der Waals surface area (Å²) in [6.45, 7) is 1.32. The van der Waals surface area contributed by atoms with Gasteiger partial charge in [0.15, 0.2) is 11.6 Å². The first kappa shape index (κ1) is 21.7. The van der Waals surface area contributed by atoms with E-state index in [1.54, 1.807) is 4.68 Å². The number of fused-ring (bicyclic) bond motifs is 1. The van der Waals surface area contributed by atoms with E-state index < -0.39 is 0 Å². The molecule has 2 unspecified atom stereocenters. The van der Waals surface area contributed by atoms with Gasteiger partial charge in [-0.25, -0.2) is 4.98 Å². The van der Waals surface area contributed by atoms with Crippen molar-refractivity contribution in [3.8, 4) is 22.9 Å². The molecule has 34 heavy (non-hydrogen) atoms. The average Bonchev–Trinajstić information content (AvgIpc) is 3.33. The van der Waals surface area contributed by atoms with Crippen molar-refractivity contribution in [1.29, 1.82) is 5.26 Å². The number of nitrogens with one attached hydrogen (secondary N) is 2. The molecule has 2 aromatic heterocycles. The van der Waals surface area contributed by atoms with Crippen molar-refractivity contribution < 1.29 is 4.74 Å². The number of nitrogens with zero attached hydrogens (tertiary/aromatic N) is 4. The van der Waals surface area contributed by atoms with Gasteiger partial charge in [-0.2, -0.15) is 10.4 Å². The van der Waals surface area contributed by atoms with Crippen LogP contribution >= 0.6 is 0 Å². The average molecular weight is 451 g/mol. The standard InChI is InChI=1S/C27H26N6O/c1-33-17-23(16-31-33)22-13-25-27(30-15-22)32-24(18-34-25)26(21-5-3-2-4-6-21)29-12-11-19-7-9-20(14-28)10-8-19/h2-10,13,15-17,24,26,29H,11-12,18H2,1H3,(H,30,32). The normalized spacial score (nSPS) is 15.5. The Labute approximate surface area is 199 Å². The Bertz CT molecular complexity index is 1290. The molecule has 0 fully saturated rings. The lowest BCUT2D eigenvalue weighted by Gasteiger charge is -2.33. The third-order valence-corrected chi connectivity index (χ3v) is 6.05. The maximum Gasteiger partial charge on any atom is 0.169 e. The first-order valence-corrected chi connectivity index (χ1v) is 11.4. The zero-order valence-electron chi connectivity index (χ0n) is 19.0. The fraction of sp³-hybridized carbons (Fsp3) is 0.222. The summed E-state index contributed by atoms with van der Waals surface area (Å²) in [5.41, 5.74) is 5.06. The van der Waals surface area contributed by atoms with Crippen molar-refractivity contribution in [3.05, 3.63) is 95.9 Å². The van der Waals surface area contributed by atoms with Crippen LogP contribution in [0.5, 0.6) is 5.75 Å². The molecule has 0 spiro atoms. The largest absolute Gasteiger partial charge is 0.487 e. The molecule has 4 aromatic rings. The van der Waals surface area contributed by atoms with Gasteiger partial charge in [0.2, 0.25) is 0 Å². The van der Waals surface area contributed by atoms with Crippen molar-refractivity contribution in [2.75, 3.05) is 18.5 Å². The second kappa shape index (κ2) is 9.77. The van der Waals surface area contributed by atoms with Crippen LogP contribution in [0.3, 0.4) is 0 Å². The van der Waals surface area contributed by atoms with Gasteiger partial charge < -0.3 is 15.4 Å². The van der Waals surface area contributed by atoms with Crippen molar-refractivity contribution in [3.63, 3.8) is 0 Å². The summed E-state index contributed by atoms with van der Waals surface area (Å²) in [5, 5.41) is 20.5. The highest BCUT2D eigenvalue weighted by Gasteiger charge is 2.29. The zero-order valence-corrected chi connectivity index (χ0v) is 19.0. The number of hydrogen-bond donors (Lipinski definition) is 2. The maximum absolute atomic E-state index is 9.00. The lowest BCUT2D eigenvalue weighted by molar-refractivity contribution is 0.253. The van der Waals surface area contributed by atoms with E-state index in [0.29, 0.717) is 12.2 Å². The number of aryl methyl sites for hydroxylation is 1. The molecule has 2 aromatic carbocycles. The summed E-state index contributed by atoms with van der Waals surface area (Å²) in [6, 6.07) is 22.4. The van der Waals surface area contributed by atoms with Crippen molar-refractivity contribution >= 4 is 5.82 Å². The maximum atomic E-state index is 9.00. The lowest BCUT2D eigenvalue weighted by atomic mass is 9.98. The third kappa shape index (κ3) is 4.77. The van der Waals surface area contributed by atoms with Gasteiger partial charge in [0.05, 0.1) is 29.9 Å². The smallest absolute Gasteiger partial charge is 0.169 e. The van der Waals surface area contributed by atoms with E-state index in [1.165, 1.54) is 11.1 Å². The Morgan fingerprint density at radius 2 is 1.97 bits per heavy atom. The number of hydrogen-bond acceptors (Lipinski definition) is 6. The molecule has 0 bridgehead atoms. The Hall–Kier alpha value is -4.15. The summed E-state index contributed by atoms with van der Waals surface area (Å²) >= 11 is 0. The number of benzene rings is 2. The summed E-state index contributed by atoms with van der Waals surface area (Å²) < 4.78 is 7.95. The fourth-order valence-electron chi connectivity index (χ4n) is 4.24. The second-order valence-electron chi connectivity index (χ2n) is 8.44. The number of ether oxygens (including phenoxy) is 1. The van der Waals surface area contributed by atoms with Gasteiger partial charge in [-0.15, -0.1) is 0 Å². The molecule has 5 rings (SSSR count). The van der Waals surface area contributed by atoms with Gasteiger partial charge in [0.1, 0.15) is 6.61 Å². The van der Waals surface area contributed by atoms with Gasteiger partial charge in [0, 0.05) is 30.6 Å². The van der Waals surface area contributed by atoms with Crippen molar-refractivity contribution in [2.45, 2.75) is 18.5 Å². The Morgan fingerprint density at radius 3 is 2.71 bits per heavy atom.